The molecule has 0 aliphatic carbocycles. The third-order valence-electron chi connectivity index (χ3n) is 3.44. The van der Waals surface area contributed by atoms with Gasteiger partial charge in [0.1, 0.15) is 0 Å². The van der Waals surface area contributed by atoms with E-state index in [0.29, 0.717) is 11.8 Å². The molecule has 0 aliphatic heterocycles. The molecule has 2 aromatic rings. The van der Waals surface area contributed by atoms with E-state index >= 15 is 0 Å². The van der Waals surface area contributed by atoms with E-state index in [1.54, 1.807) is 11.3 Å². The predicted octanol–water partition coefficient (Wildman–Crippen LogP) is 5.75. The number of hydrogen-bond acceptors (Lipinski definition) is 1. The minimum absolute atomic E-state index is 0.185. The molecular weight excluding hydrogens is 319 g/mol. The molecule has 2 rings (SSSR count). The molecule has 4 heteroatoms. The minimum atomic E-state index is -0.185. The second kappa shape index (κ2) is 6.99. The number of halogens is 3. The molecule has 19 heavy (non-hydrogen) atoms. The van der Waals surface area contributed by atoms with Crippen molar-refractivity contribution in [3.05, 3.63) is 57.2 Å². The first-order valence-corrected chi connectivity index (χ1v) is 8.48. The maximum Gasteiger partial charge on any atom is 0.0406 e. The molecule has 1 heterocycles. The van der Waals surface area contributed by atoms with Gasteiger partial charge in [0.15, 0.2) is 0 Å². The molecule has 0 atom stereocenters. The molecule has 0 aliphatic rings. The Morgan fingerprint density at radius 3 is 2.21 bits per heavy atom. The molecule has 0 radical (unpaired) electrons. The van der Waals surface area contributed by atoms with Crippen LogP contribution < -0.4 is 0 Å². The van der Waals surface area contributed by atoms with Crippen molar-refractivity contribution in [3.63, 3.8) is 0 Å². The zero-order chi connectivity index (χ0) is 13.7. The molecule has 0 saturated heterocycles. The number of aryl methyl sites for hydroxylation is 1. The highest BCUT2D eigenvalue weighted by atomic mass is 35.5. The topological polar surface area (TPSA) is 0 Å². The maximum absolute atomic E-state index is 6.22. The van der Waals surface area contributed by atoms with Crippen LogP contribution in [-0.2, 0) is 11.8 Å². The minimum Gasteiger partial charge on any atom is -0.152 e. The molecule has 102 valence electrons. The Kier molecular flexibility index (Phi) is 5.58. The summed E-state index contributed by atoms with van der Waals surface area (Å²) in [7, 11) is 0. The van der Waals surface area contributed by atoms with Crippen LogP contribution in [0.15, 0.2) is 41.1 Å². The van der Waals surface area contributed by atoms with Crippen molar-refractivity contribution in [2.24, 2.45) is 0 Å². The highest BCUT2D eigenvalue weighted by Gasteiger charge is 2.30. The second-order valence-corrected chi connectivity index (χ2v) is 6.44. The van der Waals surface area contributed by atoms with E-state index in [4.69, 9.17) is 34.8 Å². The summed E-state index contributed by atoms with van der Waals surface area (Å²) in [5.74, 6) is 1.03. The Hall–Kier alpha value is -0.210. The Labute approximate surface area is 133 Å². The lowest BCUT2D eigenvalue weighted by molar-refractivity contribution is 0.493. The van der Waals surface area contributed by atoms with Crippen molar-refractivity contribution in [2.75, 3.05) is 11.8 Å². The van der Waals surface area contributed by atoms with Crippen LogP contribution in [0.2, 0.25) is 5.02 Å². The summed E-state index contributed by atoms with van der Waals surface area (Å²) in [5, 5.41) is 5.01. The zero-order valence-corrected chi connectivity index (χ0v) is 13.5. The summed E-state index contributed by atoms with van der Waals surface area (Å²) in [4.78, 5) is 0. The van der Waals surface area contributed by atoms with Gasteiger partial charge in [-0.15, -0.1) is 23.2 Å². The number of benzene rings is 1. The van der Waals surface area contributed by atoms with Crippen LogP contribution in [0, 0.1) is 0 Å². The van der Waals surface area contributed by atoms with E-state index in [1.807, 2.05) is 24.3 Å². The van der Waals surface area contributed by atoms with Gasteiger partial charge in [0, 0.05) is 22.2 Å². The van der Waals surface area contributed by atoms with Gasteiger partial charge < -0.3 is 0 Å². The van der Waals surface area contributed by atoms with Gasteiger partial charge in [-0.1, -0.05) is 23.7 Å². The summed E-state index contributed by atoms with van der Waals surface area (Å²) < 4.78 is 0. The fourth-order valence-corrected chi connectivity index (χ4v) is 3.78. The van der Waals surface area contributed by atoms with Crippen molar-refractivity contribution < 1.29 is 0 Å². The molecule has 0 saturated carbocycles. The lowest BCUT2D eigenvalue weighted by Crippen LogP contribution is -2.31. The quantitative estimate of drug-likeness (QED) is 0.590. The normalized spacial score (nSPS) is 11.7. The highest BCUT2D eigenvalue weighted by molar-refractivity contribution is 7.07. The summed E-state index contributed by atoms with van der Waals surface area (Å²) in [5.41, 5.74) is 2.33. The van der Waals surface area contributed by atoms with Crippen LogP contribution in [-0.4, -0.2) is 11.8 Å². The van der Waals surface area contributed by atoms with Gasteiger partial charge in [-0.25, -0.2) is 0 Å². The molecule has 0 nitrogen and oxygen atoms in total. The first-order chi connectivity index (χ1) is 9.20. The SMILES string of the molecule is ClCC(CCl)(CCc1ccsc1)c1ccc(Cl)cc1. The van der Waals surface area contributed by atoms with Crippen LogP contribution in [0.3, 0.4) is 0 Å². The van der Waals surface area contributed by atoms with Gasteiger partial charge in [-0.05, 0) is 52.9 Å². The van der Waals surface area contributed by atoms with Crippen LogP contribution in [0.1, 0.15) is 17.5 Å². The lowest BCUT2D eigenvalue weighted by Gasteiger charge is -2.30. The number of alkyl halides is 2. The van der Waals surface area contributed by atoms with E-state index < -0.39 is 0 Å². The van der Waals surface area contributed by atoms with Crippen LogP contribution in [0.25, 0.3) is 0 Å². The van der Waals surface area contributed by atoms with E-state index in [1.165, 1.54) is 5.56 Å². The van der Waals surface area contributed by atoms with E-state index in [-0.39, 0.29) is 5.41 Å². The fourth-order valence-electron chi connectivity index (χ4n) is 2.09. The van der Waals surface area contributed by atoms with E-state index in [9.17, 15) is 0 Å². The molecule has 0 fully saturated rings. The summed E-state index contributed by atoms with van der Waals surface area (Å²) in [6.45, 7) is 0. The average Bonchev–Trinajstić information content (AvgIpc) is 2.95. The Morgan fingerprint density at radius 1 is 1.00 bits per heavy atom. The number of hydrogen-bond donors (Lipinski definition) is 0. The molecular formula is C15H15Cl3S. The molecule has 0 bridgehead atoms. The van der Waals surface area contributed by atoms with Crippen molar-refractivity contribution in [3.8, 4) is 0 Å². The Morgan fingerprint density at radius 2 is 1.68 bits per heavy atom. The number of rotatable bonds is 6. The van der Waals surface area contributed by atoms with Crippen LogP contribution in [0.4, 0.5) is 0 Å². The van der Waals surface area contributed by atoms with Crippen LogP contribution in [0.5, 0.6) is 0 Å². The molecule has 1 aromatic heterocycles. The summed E-state index contributed by atoms with van der Waals surface area (Å²) in [6.07, 6.45) is 1.93. The monoisotopic (exact) mass is 332 g/mol. The van der Waals surface area contributed by atoms with Gasteiger partial charge in [-0.3, -0.25) is 0 Å². The molecule has 0 amide bonds. The first-order valence-electron chi connectivity index (χ1n) is 6.09. The summed E-state index contributed by atoms with van der Waals surface area (Å²) >= 11 is 20.1. The fraction of sp³-hybridized carbons (Fsp3) is 0.333. The van der Waals surface area contributed by atoms with Crippen LogP contribution >= 0.6 is 46.1 Å². The maximum atomic E-state index is 6.22. The van der Waals surface area contributed by atoms with Gasteiger partial charge in [0.25, 0.3) is 0 Å². The first kappa shape index (κ1) is 15.2. The standard InChI is InChI=1S/C15H15Cl3S/c16-10-15(11-17,7-5-12-6-8-19-9-12)13-1-3-14(18)4-2-13/h1-4,6,8-9H,5,7,10-11H2. The van der Waals surface area contributed by atoms with Gasteiger partial charge in [0.2, 0.25) is 0 Å². The molecule has 0 spiro atoms. The number of thiophene rings is 1. The van der Waals surface area contributed by atoms with Crippen molar-refractivity contribution in [1.29, 1.82) is 0 Å². The lowest BCUT2D eigenvalue weighted by atomic mass is 9.79. The second-order valence-electron chi connectivity index (χ2n) is 4.69. The van der Waals surface area contributed by atoms with Gasteiger partial charge in [0.05, 0.1) is 0 Å². The third kappa shape index (κ3) is 3.66. The largest absolute Gasteiger partial charge is 0.152 e. The predicted molar refractivity (Wildman–Crippen MR) is 87.2 cm³/mol. The molecule has 0 unspecified atom stereocenters. The smallest absolute Gasteiger partial charge is 0.0406 e. The average molecular weight is 334 g/mol. The van der Waals surface area contributed by atoms with Gasteiger partial charge >= 0.3 is 0 Å². The summed E-state index contributed by atoms with van der Waals surface area (Å²) in [6, 6.07) is 10.0. The molecule has 1 aromatic carbocycles. The Balaban J connectivity index is 2.19. The zero-order valence-electron chi connectivity index (χ0n) is 10.4. The van der Waals surface area contributed by atoms with E-state index in [0.717, 1.165) is 23.4 Å². The third-order valence-corrected chi connectivity index (χ3v) is 5.45. The van der Waals surface area contributed by atoms with E-state index in [2.05, 4.69) is 16.8 Å². The van der Waals surface area contributed by atoms with Gasteiger partial charge in [-0.2, -0.15) is 11.3 Å². The van der Waals surface area contributed by atoms with Crippen molar-refractivity contribution in [2.45, 2.75) is 18.3 Å². The molecule has 0 N–H and O–H groups in total. The Bertz CT molecular complexity index is 487. The van der Waals surface area contributed by atoms with Crippen molar-refractivity contribution in [1.82, 2.24) is 0 Å². The highest BCUT2D eigenvalue weighted by Crippen LogP contribution is 2.33. The van der Waals surface area contributed by atoms with Crippen molar-refractivity contribution >= 4 is 46.1 Å².